The molecule has 44 heavy (non-hydrogen) atoms. The molecule has 0 aliphatic heterocycles. The molecule has 246 valence electrons. The van der Waals surface area contributed by atoms with Crippen LogP contribution in [-0.2, 0) is 23.8 Å². The predicted molar refractivity (Wildman–Crippen MR) is 161 cm³/mol. The summed E-state index contributed by atoms with van der Waals surface area (Å²) in [5, 5.41) is 10.4. The van der Waals surface area contributed by atoms with Gasteiger partial charge >= 0.3 is 5.97 Å². The number of esters is 1. The minimum atomic E-state index is -3.72. The molecule has 2 atom stereocenters. The average Bonchev–Trinajstić information content (AvgIpc) is 2.96. The highest BCUT2D eigenvalue weighted by molar-refractivity contribution is 7.85. The molecule has 0 fully saturated rings. The molecule has 0 saturated heterocycles. The summed E-state index contributed by atoms with van der Waals surface area (Å²) in [5.41, 5.74) is 5.76. The molecule has 0 aliphatic carbocycles. The Balaban J connectivity index is 2.18. The molecule has 0 radical (unpaired) electrons. The first-order valence-corrected chi connectivity index (χ1v) is 15.8. The van der Waals surface area contributed by atoms with Crippen LogP contribution in [0.2, 0.25) is 5.02 Å². The van der Waals surface area contributed by atoms with Crippen LogP contribution < -0.4 is 24.7 Å². The molecule has 13 nitrogen and oxygen atoms in total. The average molecular weight is 662 g/mol. The van der Waals surface area contributed by atoms with E-state index in [1.54, 1.807) is 0 Å². The van der Waals surface area contributed by atoms with Crippen LogP contribution in [0, 0.1) is 5.92 Å². The van der Waals surface area contributed by atoms with Gasteiger partial charge in [0.05, 0.1) is 63.6 Å². The number of aliphatic hydroxyl groups is 1. The number of halogens is 1. The molecule has 2 unspecified atom stereocenters. The standard InChI is InChI=1S/C29H40ClNO12S/c1-17(2)16-41-28(33)18-12-21(27(31)32)25(30)22(13-18)40-10-7-8-20(9-11-42-44(6,35)36)43-29(34)19-14-23(37-3)26(39-5)24(15-19)38-4/h12-15,17,20,28,33H,7-11,16H2,1-6H3,(H2,31,32). The number of ether oxygens (including phenoxy) is 6. The Morgan fingerprint density at radius 1 is 0.955 bits per heavy atom. The van der Waals surface area contributed by atoms with E-state index in [4.69, 9.17) is 49.9 Å². The number of hydrogen-bond donors (Lipinski definition) is 2. The van der Waals surface area contributed by atoms with Gasteiger partial charge in [-0.3, -0.25) is 8.98 Å². The van der Waals surface area contributed by atoms with Crippen LogP contribution in [-0.4, -0.2) is 78.9 Å². The van der Waals surface area contributed by atoms with Crippen molar-refractivity contribution < 1.29 is 55.7 Å². The Kier molecular flexibility index (Phi) is 14.5. The summed E-state index contributed by atoms with van der Waals surface area (Å²) >= 11 is 6.35. The van der Waals surface area contributed by atoms with Crippen molar-refractivity contribution in [2.45, 2.75) is 45.5 Å². The molecular formula is C29H40ClNO12S. The topological polar surface area (TPSA) is 179 Å². The molecule has 0 heterocycles. The van der Waals surface area contributed by atoms with Crippen LogP contribution in [0.1, 0.15) is 65.7 Å². The Labute approximate surface area is 262 Å². The zero-order valence-electron chi connectivity index (χ0n) is 25.6. The van der Waals surface area contributed by atoms with E-state index in [1.165, 1.54) is 45.6 Å². The summed E-state index contributed by atoms with van der Waals surface area (Å²) in [6, 6.07) is 5.65. The van der Waals surface area contributed by atoms with Gasteiger partial charge in [-0.1, -0.05) is 25.4 Å². The molecule has 0 aliphatic rings. The zero-order chi connectivity index (χ0) is 33.0. The normalized spacial score (nSPS) is 12.8. The lowest BCUT2D eigenvalue weighted by Crippen LogP contribution is -2.22. The molecule has 15 heteroatoms. The quantitative estimate of drug-likeness (QED) is 0.0962. The number of primary amides is 1. The van der Waals surface area contributed by atoms with Crippen LogP contribution >= 0.6 is 11.6 Å². The molecule has 2 aromatic rings. The monoisotopic (exact) mass is 661 g/mol. The van der Waals surface area contributed by atoms with Crippen molar-refractivity contribution in [3.05, 3.63) is 46.0 Å². The zero-order valence-corrected chi connectivity index (χ0v) is 27.2. The van der Waals surface area contributed by atoms with Gasteiger partial charge in [-0.15, -0.1) is 0 Å². The van der Waals surface area contributed by atoms with E-state index in [1.807, 2.05) is 13.8 Å². The van der Waals surface area contributed by atoms with Gasteiger partial charge in [0.1, 0.15) is 11.9 Å². The predicted octanol–water partition coefficient (Wildman–Crippen LogP) is 3.88. The number of methoxy groups -OCH3 is 3. The lowest BCUT2D eigenvalue weighted by molar-refractivity contribution is -0.110. The summed E-state index contributed by atoms with van der Waals surface area (Å²) in [5.74, 6) is -0.493. The lowest BCUT2D eigenvalue weighted by Gasteiger charge is -2.20. The molecule has 1 amide bonds. The highest BCUT2D eigenvalue weighted by Gasteiger charge is 2.23. The number of amides is 1. The summed E-state index contributed by atoms with van der Waals surface area (Å²) in [4.78, 5) is 25.1. The van der Waals surface area contributed by atoms with E-state index in [9.17, 15) is 23.1 Å². The first-order chi connectivity index (χ1) is 20.7. The van der Waals surface area contributed by atoms with Crippen LogP contribution in [0.25, 0.3) is 0 Å². The van der Waals surface area contributed by atoms with E-state index in [0.29, 0.717) is 12.2 Å². The second kappa shape index (κ2) is 17.3. The van der Waals surface area contributed by atoms with E-state index in [2.05, 4.69) is 0 Å². The number of hydrogen-bond acceptors (Lipinski definition) is 12. The molecule has 0 spiro atoms. The fourth-order valence-electron chi connectivity index (χ4n) is 3.93. The Morgan fingerprint density at radius 2 is 1.59 bits per heavy atom. The molecule has 0 bridgehead atoms. The molecular weight excluding hydrogens is 622 g/mol. The van der Waals surface area contributed by atoms with Crippen molar-refractivity contribution in [2.75, 3.05) is 47.4 Å². The number of benzene rings is 2. The van der Waals surface area contributed by atoms with Crippen LogP contribution in [0.3, 0.4) is 0 Å². The number of carbonyl (C=O) groups excluding carboxylic acids is 2. The smallest absolute Gasteiger partial charge is 0.338 e. The SMILES string of the molecule is COc1cc(C(=O)OC(CCCOc2cc(C(O)OCC(C)C)cc(C(N)=O)c2Cl)CCOS(C)(=O)=O)cc(OC)c1OC. The summed E-state index contributed by atoms with van der Waals surface area (Å²) < 4.78 is 60.6. The van der Waals surface area contributed by atoms with Crippen molar-refractivity contribution in [1.82, 2.24) is 0 Å². The molecule has 3 N–H and O–H groups in total. The van der Waals surface area contributed by atoms with Crippen LogP contribution in [0.5, 0.6) is 23.0 Å². The number of rotatable bonds is 19. The van der Waals surface area contributed by atoms with Gasteiger partial charge in [-0.2, -0.15) is 8.42 Å². The van der Waals surface area contributed by atoms with Gasteiger partial charge in [-0.25, -0.2) is 4.79 Å². The second-order valence-corrected chi connectivity index (χ2v) is 12.1. The van der Waals surface area contributed by atoms with Gasteiger partial charge in [0, 0.05) is 12.0 Å². The fourth-order valence-corrected chi connectivity index (χ4v) is 4.59. The van der Waals surface area contributed by atoms with Crippen molar-refractivity contribution in [3.8, 4) is 23.0 Å². The molecule has 2 rings (SSSR count). The Hall–Kier alpha value is -3.30. The van der Waals surface area contributed by atoms with Crippen molar-refractivity contribution in [1.29, 1.82) is 0 Å². The Bertz CT molecular complexity index is 1360. The third-order valence-electron chi connectivity index (χ3n) is 6.04. The Morgan fingerprint density at radius 3 is 2.11 bits per heavy atom. The van der Waals surface area contributed by atoms with Crippen LogP contribution in [0.15, 0.2) is 24.3 Å². The minimum Gasteiger partial charge on any atom is -0.493 e. The lowest BCUT2D eigenvalue weighted by atomic mass is 10.1. The maximum absolute atomic E-state index is 13.1. The van der Waals surface area contributed by atoms with Gasteiger partial charge in [0.25, 0.3) is 10.1 Å². The third-order valence-corrected chi connectivity index (χ3v) is 7.02. The maximum Gasteiger partial charge on any atom is 0.338 e. The molecule has 0 saturated carbocycles. The van der Waals surface area contributed by atoms with E-state index < -0.39 is 34.4 Å². The van der Waals surface area contributed by atoms with E-state index in [0.717, 1.165) is 6.26 Å². The minimum absolute atomic E-state index is 0.0377. The van der Waals surface area contributed by atoms with Crippen molar-refractivity contribution in [2.24, 2.45) is 11.7 Å². The molecule has 0 aromatic heterocycles. The van der Waals surface area contributed by atoms with Gasteiger partial charge in [-0.05, 0) is 43.0 Å². The van der Waals surface area contributed by atoms with E-state index >= 15 is 0 Å². The number of carbonyl (C=O) groups is 2. The van der Waals surface area contributed by atoms with Gasteiger partial charge in [0.2, 0.25) is 11.7 Å². The highest BCUT2D eigenvalue weighted by Crippen LogP contribution is 2.38. The summed E-state index contributed by atoms with van der Waals surface area (Å²) in [6.45, 7) is 3.93. The third kappa shape index (κ3) is 11.3. The highest BCUT2D eigenvalue weighted by atomic mass is 35.5. The molecule has 2 aromatic carbocycles. The largest absolute Gasteiger partial charge is 0.493 e. The second-order valence-electron chi connectivity index (χ2n) is 10.1. The maximum atomic E-state index is 13.1. The first kappa shape index (κ1) is 36.9. The van der Waals surface area contributed by atoms with Gasteiger partial charge < -0.3 is 39.3 Å². The summed E-state index contributed by atoms with van der Waals surface area (Å²) in [7, 11) is 0.527. The first-order valence-electron chi connectivity index (χ1n) is 13.6. The fraction of sp³-hybridized carbons (Fsp3) is 0.517. The van der Waals surface area contributed by atoms with E-state index in [-0.39, 0.29) is 77.5 Å². The van der Waals surface area contributed by atoms with Crippen LogP contribution in [0.4, 0.5) is 0 Å². The van der Waals surface area contributed by atoms with Crippen molar-refractivity contribution in [3.63, 3.8) is 0 Å². The number of nitrogens with two attached hydrogens (primary N) is 1. The van der Waals surface area contributed by atoms with Gasteiger partial charge in [0.15, 0.2) is 17.8 Å². The summed E-state index contributed by atoms with van der Waals surface area (Å²) in [6.07, 6.45) is -0.593. The van der Waals surface area contributed by atoms with Crippen molar-refractivity contribution >= 4 is 33.6 Å². The number of aliphatic hydroxyl groups excluding tert-OH is 1.